The average molecular weight is 257 g/mol. The smallest absolute Gasteiger partial charge is 0.139 e. The van der Waals surface area contributed by atoms with Crippen LogP contribution in [0.25, 0.3) is 0 Å². The molecule has 0 N–H and O–H groups in total. The van der Waals surface area contributed by atoms with E-state index in [1.54, 1.807) is 0 Å². The highest BCUT2D eigenvalue weighted by atomic mass is 16.1. The summed E-state index contributed by atoms with van der Waals surface area (Å²) in [6.45, 7) is 5.28. The molecule has 0 radical (unpaired) electrons. The fraction of sp³-hybridized carbons (Fsp3) is 0.529. The van der Waals surface area contributed by atoms with E-state index in [4.69, 9.17) is 0 Å². The van der Waals surface area contributed by atoms with Crippen molar-refractivity contribution >= 4 is 11.5 Å². The Morgan fingerprint density at radius 2 is 1.95 bits per heavy atom. The van der Waals surface area contributed by atoms with Gasteiger partial charge in [-0.25, -0.2) is 0 Å². The molecule has 0 unspecified atom stereocenters. The summed E-state index contributed by atoms with van der Waals surface area (Å²) in [5.41, 5.74) is 2.37. The van der Waals surface area contributed by atoms with E-state index in [9.17, 15) is 4.79 Å². The third-order valence-electron chi connectivity index (χ3n) is 3.67. The fourth-order valence-corrected chi connectivity index (χ4v) is 2.57. The van der Waals surface area contributed by atoms with Crippen molar-refractivity contribution in [1.82, 2.24) is 0 Å². The molecule has 19 heavy (non-hydrogen) atoms. The first-order valence-electron chi connectivity index (χ1n) is 7.24. The normalized spacial score (nSPS) is 22.2. The second-order valence-electron chi connectivity index (χ2n) is 5.86. The van der Waals surface area contributed by atoms with Crippen molar-refractivity contribution in [1.29, 1.82) is 0 Å². The molecule has 0 heterocycles. The minimum atomic E-state index is 0.334. The van der Waals surface area contributed by atoms with E-state index >= 15 is 0 Å². The predicted molar refractivity (Wildman–Crippen MR) is 79.8 cm³/mol. The second-order valence-corrected chi connectivity index (χ2v) is 5.86. The summed E-state index contributed by atoms with van der Waals surface area (Å²) in [4.78, 5) is 16.5. The zero-order valence-electron chi connectivity index (χ0n) is 11.9. The predicted octanol–water partition coefficient (Wildman–Crippen LogP) is 4.01. The molecule has 1 aliphatic carbocycles. The molecule has 2 nitrogen and oxygen atoms in total. The molecule has 1 fully saturated rings. The number of hydrogen-bond acceptors (Lipinski definition) is 2. The largest absolute Gasteiger partial charge is 0.299 e. The van der Waals surface area contributed by atoms with Crippen LogP contribution < -0.4 is 0 Å². The Hall–Kier alpha value is -1.44. The number of hydrogen-bond donors (Lipinski definition) is 0. The van der Waals surface area contributed by atoms with Gasteiger partial charge in [0.1, 0.15) is 5.78 Å². The third-order valence-corrected chi connectivity index (χ3v) is 3.67. The maximum Gasteiger partial charge on any atom is 0.139 e. The molecule has 0 bridgehead atoms. The SMILES string of the molecule is CC(C)CCN=C1CC(=O)C[C@H](c2ccccc2)C1. The molecule has 102 valence electrons. The quantitative estimate of drug-likeness (QED) is 0.801. The Balaban J connectivity index is 2.02. The summed E-state index contributed by atoms with van der Waals surface area (Å²) in [5, 5.41) is 0. The van der Waals surface area contributed by atoms with E-state index in [2.05, 4.69) is 31.0 Å². The minimum absolute atomic E-state index is 0.334. The number of Topliss-reactive ketones (excluding diaryl/α,β-unsaturated/α-hetero) is 1. The van der Waals surface area contributed by atoms with Crippen molar-refractivity contribution < 1.29 is 4.79 Å². The highest BCUT2D eigenvalue weighted by Crippen LogP contribution is 2.29. The van der Waals surface area contributed by atoms with Crippen molar-refractivity contribution in [3.63, 3.8) is 0 Å². The summed E-state index contributed by atoms with van der Waals surface area (Å²) in [7, 11) is 0. The van der Waals surface area contributed by atoms with Crippen LogP contribution in [-0.2, 0) is 4.79 Å². The first-order valence-corrected chi connectivity index (χ1v) is 7.24. The van der Waals surface area contributed by atoms with Crippen LogP contribution >= 0.6 is 0 Å². The zero-order chi connectivity index (χ0) is 13.7. The number of carbonyl (C=O) groups excluding carboxylic acids is 1. The molecule has 1 aliphatic rings. The van der Waals surface area contributed by atoms with E-state index in [1.807, 2.05) is 18.2 Å². The lowest BCUT2D eigenvalue weighted by Crippen LogP contribution is -2.22. The van der Waals surface area contributed by atoms with Crippen LogP contribution in [0.3, 0.4) is 0 Å². The first kappa shape index (κ1) is 14.0. The van der Waals surface area contributed by atoms with Gasteiger partial charge in [0, 0.05) is 25.1 Å². The van der Waals surface area contributed by atoms with Crippen LogP contribution in [-0.4, -0.2) is 18.0 Å². The lowest BCUT2D eigenvalue weighted by Gasteiger charge is -2.23. The fourth-order valence-electron chi connectivity index (χ4n) is 2.57. The van der Waals surface area contributed by atoms with Gasteiger partial charge in [0.25, 0.3) is 0 Å². The van der Waals surface area contributed by atoms with Crippen LogP contribution in [0.1, 0.15) is 51.0 Å². The van der Waals surface area contributed by atoms with Gasteiger partial charge < -0.3 is 0 Å². The van der Waals surface area contributed by atoms with Gasteiger partial charge in [-0.15, -0.1) is 0 Å². The van der Waals surface area contributed by atoms with Gasteiger partial charge in [0.2, 0.25) is 0 Å². The number of aliphatic imine (C=N–C) groups is 1. The van der Waals surface area contributed by atoms with Gasteiger partial charge in [-0.05, 0) is 30.2 Å². The number of nitrogens with zero attached hydrogens (tertiary/aromatic N) is 1. The van der Waals surface area contributed by atoms with Crippen molar-refractivity contribution in [2.75, 3.05) is 6.54 Å². The van der Waals surface area contributed by atoms with Gasteiger partial charge >= 0.3 is 0 Å². The van der Waals surface area contributed by atoms with Crippen LogP contribution in [0, 0.1) is 5.92 Å². The highest BCUT2D eigenvalue weighted by Gasteiger charge is 2.24. The molecule has 2 rings (SSSR count). The lowest BCUT2D eigenvalue weighted by molar-refractivity contribution is -0.118. The van der Waals surface area contributed by atoms with E-state index in [-0.39, 0.29) is 0 Å². The summed E-state index contributed by atoms with van der Waals surface area (Å²) < 4.78 is 0. The molecular weight excluding hydrogens is 234 g/mol. The molecule has 0 saturated heterocycles. The van der Waals surface area contributed by atoms with Crippen molar-refractivity contribution in [2.45, 2.75) is 45.4 Å². The third kappa shape index (κ3) is 4.30. The zero-order valence-corrected chi connectivity index (χ0v) is 11.9. The molecule has 1 atom stereocenters. The standard InChI is InChI=1S/C17H23NO/c1-13(2)8-9-18-16-10-15(11-17(19)12-16)14-6-4-3-5-7-14/h3-7,13,15H,8-12H2,1-2H3/t15-/m1/s1. The van der Waals surface area contributed by atoms with E-state index in [0.717, 1.165) is 25.1 Å². The molecule has 1 saturated carbocycles. The summed E-state index contributed by atoms with van der Waals surface area (Å²) >= 11 is 0. The molecule has 0 aliphatic heterocycles. The maximum atomic E-state index is 11.9. The van der Waals surface area contributed by atoms with Crippen molar-refractivity contribution in [3.05, 3.63) is 35.9 Å². The monoisotopic (exact) mass is 257 g/mol. The van der Waals surface area contributed by atoms with Crippen molar-refractivity contribution in [2.24, 2.45) is 10.9 Å². The number of rotatable bonds is 4. The van der Waals surface area contributed by atoms with Crippen LogP contribution in [0.2, 0.25) is 0 Å². The average Bonchev–Trinajstić information content (AvgIpc) is 2.39. The van der Waals surface area contributed by atoms with Crippen LogP contribution in [0.5, 0.6) is 0 Å². The minimum Gasteiger partial charge on any atom is -0.299 e. The second kappa shape index (κ2) is 6.65. The Morgan fingerprint density at radius 3 is 2.63 bits per heavy atom. The maximum absolute atomic E-state index is 11.9. The number of ketones is 1. The summed E-state index contributed by atoms with van der Waals surface area (Å²) in [6.07, 6.45) is 3.30. The first-order chi connectivity index (χ1) is 9.15. The van der Waals surface area contributed by atoms with Crippen LogP contribution in [0.15, 0.2) is 35.3 Å². The number of benzene rings is 1. The summed E-state index contributed by atoms with van der Waals surface area (Å²) in [6, 6.07) is 10.4. The topological polar surface area (TPSA) is 29.4 Å². The van der Waals surface area contributed by atoms with Gasteiger partial charge in [0.15, 0.2) is 0 Å². The Morgan fingerprint density at radius 1 is 1.21 bits per heavy atom. The molecule has 0 aromatic heterocycles. The highest BCUT2D eigenvalue weighted by molar-refractivity contribution is 6.05. The van der Waals surface area contributed by atoms with Crippen molar-refractivity contribution in [3.8, 4) is 0 Å². The summed E-state index contributed by atoms with van der Waals surface area (Å²) in [5.74, 6) is 1.34. The van der Waals surface area contributed by atoms with Crippen LogP contribution in [0.4, 0.5) is 0 Å². The van der Waals surface area contributed by atoms with E-state index < -0.39 is 0 Å². The van der Waals surface area contributed by atoms with Gasteiger partial charge in [0.05, 0.1) is 0 Å². The number of carbonyl (C=O) groups is 1. The van der Waals surface area contributed by atoms with E-state index in [1.165, 1.54) is 5.56 Å². The molecule has 1 aromatic rings. The van der Waals surface area contributed by atoms with E-state index in [0.29, 0.717) is 30.5 Å². The molecule has 0 amide bonds. The van der Waals surface area contributed by atoms with Gasteiger partial charge in [-0.1, -0.05) is 44.2 Å². The molecule has 1 aromatic carbocycles. The Kier molecular flexibility index (Phi) is 4.89. The Bertz CT molecular complexity index is 448. The molecule has 0 spiro atoms. The van der Waals surface area contributed by atoms with Gasteiger partial charge in [-0.3, -0.25) is 9.79 Å². The lowest BCUT2D eigenvalue weighted by atomic mass is 9.82. The molecular formula is C17H23NO. The molecule has 2 heteroatoms. The van der Waals surface area contributed by atoms with Gasteiger partial charge in [-0.2, -0.15) is 0 Å². The Labute approximate surface area is 115 Å².